The van der Waals surface area contributed by atoms with Gasteiger partial charge in [-0.15, -0.1) is 0 Å². The zero-order valence-corrected chi connectivity index (χ0v) is 15.3. The molecule has 0 bridgehead atoms. The van der Waals surface area contributed by atoms with Crippen molar-refractivity contribution in [1.29, 1.82) is 0 Å². The third-order valence-electron chi connectivity index (χ3n) is 5.47. The first-order chi connectivity index (χ1) is 12.2. The fourth-order valence-electron chi connectivity index (χ4n) is 4.04. The summed E-state index contributed by atoms with van der Waals surface area (Å²) in [5, 5.41) is 4.94. The Balaban J connectivity index is 1.54. The Hall–Kier alpha value is -1.57. The topological polar surface area (TPSA) is 59.3 Å². The lowest BCUT2D eigenvalue weighted by Gasteiger charge is -2.30. The summed E-state index contributed by atoms with van der Waals surface area (Å²) in [6.07, 6.45) is 7.03. The quantitative estimate of drug-likeness (QED) is 0.816. The number of nitrogens with zero attached hydrogens (tertiary/aromatic N) is 6. The highest BCUT2D eigenvalue weighted by molar-refractivity contribution is 5.73. The van der Waals surface area contributed by atoms with E-state index < -0.39 is 0 Å². The number of hydrogen-bond donors (Lipinski definition) is 0. The minimum atomic E-state index is 0.461. The second-order valence-electron chi connectivity index (χ2n) is 7.46. The molecule has 0 saturated carbocycles. The highest BCUT2D eigenvalue weighted by Crippen LogP contribution is 2.32. The van der Waals surface area contributed by atoms with Crippen molar-refractivity contribution in [3.05, 3.63) is 18.1 Å². The summed E-state index contributed by atoms with van der Waals surface area (Å²) in [7, 11) is 4.17. The van der Waals surface area contributed by atoms with Crippen LogP contribution in [-0.2, 0) is 11.3 Å². The van der Waals surface area contributed by atoms with E-state index in [9.17, 15) is 0 Å². The average Bonchev–Trinajstić information content (AvgIpc) is 3.26. The van der Waals surface area contributed by atoms with Gasteiger partial charge in [0.15, 0.2) is 5.65 Å². The maximum atomic E-state index is 5.51. The molecule has 0 spiro atoms. The molecule has 7 heteroatoms. The molecule has 136 valence electrons. The molecule has 2 aromatic rings. The van der Waals surface area contributed by atoms with Gasteiger partial charge < -0.3 is 9.64 Å². The molecule has 0 radical (unpaired) electrons. The van der Waals surface area contributed by atoms with E-state index in [0.717, 1.165) is 75.5 Å². The lowest BCUT2D eigenvalue weighted by Crippen LogP contribution is -2.37. The fraction of sp³-hybridized carbons (Fsp3) is 0.722. The lowest BCUT2D eigenvalue weighted by atomic mass is 10.0. The predicted molar refractivity (Wildman–Crippen MR) is 96.6 cm³/mol. The molecule has 0 N–H and O–H groups in total. The van der Waals surface area contributed by atoms with Crippen molar-refractivity contribution >= 4 is 11.2 Å². The van der Waals surface area contributed by atoms with E-state index in [1.807, 2.05) is 4.68 Å². The number of likely N-dealkylation sites (tertiary alicyclic amines) is 1. The zero-order chi connectivity index (χ0) is 17.2. The maximum absolute atomic E-state index is 5.51. The average molecular weight is 344 g/mol. The molecule has 1 unspecified atom stereocenters. The molecule has 2 aliphatic rings. The van der Waals surface area contributed by atoms with Crippen LogP contribution in [0, 0.1) is 0 Å². The van der Waals surface area contributed by atoms with Crippen molar-refractivity contribution in [3.8, 4) is 0 Å². The summed E-state index contributed by atoms with van der Waals surface area (Å²) in [4.78, 5) is 14.0. The molecule has 7 nitrogen and oxygen atoms in total. The molecule has 0 amide bonds. The molecule has 2 aliphatic heterocycles. The SMILES string of the molecule is CN(C)CCn1nc(C2CCN(C3CCOCC3)C2)c2nccnc21. The van der Waals surface area contributed by atoms with Gasteiger partial charge in [-0.25, -0.2) is 14.6 Å². The minimum Gasteiger partial charge on any atom is -0.381 e. The maximum Gasteiger partial charge on any atom is 0.177 e. The number of rotatable bonds is 5. The van der Waals surface area contributed by atoms with Crippen molar-refractivity contribution < 1.29 is 4.74 Å². The van der Waals surface area contributed by atoms with Crippen LogP contribution < -0.4 is 0 Å². The molecule has 4 rings (SSSR count). The Morgan fingerprint density at radius 3 is 2.76 bits per heavy atom. The zero-order valence-electron chi connectivity index (χ0n) is 15.3. The molecular formula is C18H28N6O. The molecule has 4 heterocycles. The van der Waals surface area contributed by atoms with Crippen molar-refractivity contribution in [3.63, 3.8) is 0 Å². The van der Waals surface area contributed by atoms with Crippen molar-refractivity contribution in [2.24, 2.45) is 0 Å². The van der Waals surface area contributed by atoms with Crippen LogP contribution in [0.15, 0.2) is 12.4 Å². The standard InChI is InChI=1S/C18H28N6O/c1-22(2)9-10-24-18-17(19-6-7-20-18)16(21-24)14-3-8-23(13-14)15-4-11-25-12-5-15/h6-7,14-15H,3-5,8-13H2,1-2H3. The highest BCUT2D eigenvalue weighted by atomic mass is 16.5. The van der Waals surface area contributed by atoms with Crippen LogP contribution in [0.5, 0.6) is 0 Å². The number of aromatic nitrogens is 4. The number of ether oxygens (including phenoxy) is 1. The van der Waals surface area contributed by atoms with Gasteiger partial charge in [-0.3, -0.25) is 4.90 Å². The molecule has 2 saturated heterocycles. The Kier molecular flexibility index (Phi) is 4.96. The van der Waals surface area contributed by atoms with Crippen LogP contribution in [0.1, 0.15) is 30.9 Å². The van der Waals surface area contributed by atoms with Crippen LogP contribution in [0.2, 0.25) is 0 Å². The first-order valence-corrected chi connectivity index (χ1v) is 9.36. The summed E-state index contributed by atoms with van der Waals surface area (Å²) in [5.41, 5.74) is 3.04. The van der Waals surface area contributed by atoms with Gasteiger partial charge in [0.05, 0.1) is 12.2 Å². The van der Waals surface area contributed by atoms with E-state index in [2.05, 4.69) is 33.9 Å². The third-order valence-corrected chi connectivity index (χ3v) is 5.47. The van der Waals surface area contributed by atoms with Crippen LogP contribution in [0.3, 0.4) is 0 Å². The van der Waals surface area contributed by atoms with Crippen molar-refractivity contribution in [2.75, 3.05) is 46.9 Å². The smallest absolute Gasteiger partial charge is 0.177 e. The Bertz CT molecular complexity index is 709. The monoisotopic (exact) mass is 344 g/mol. The van der Waals surface area contributed by atoms with E-state index in [0.29, 0.717) is 12.0 Å². The number of hydrogen-bond acceptors (Lipinski definition) is 6. The van der Waals surface area contributed by atoms with Crippen LogP contribution in [0.25, 0.3) is 11.2 Å². The van der Waals surface area contributed by atoms with Gasteiger partial charge in [0.25, 0.3) is 0 Å². The van der Waals surface area contributed by atoms with E-state index in [-0.39, 0.29) is 0 Å². The van der Waals surface area contributed by atoms with Crippen molar-refractivity contribution in [1.82, 2.24) is 29.5 Å². The van der Waals surface area contributed by atoms with Crippen LogP contribution in [0.4, 0.5) is 0 Å². The van der Waals surface area contributed by atoms with E-state index in [4.69, 9.17) is 9.84 Å². The van der Waals surface area contributed by atoms with Crippen LogP contribution >= 0.6 is 0 Å². The van der Waals surface area contributed by atoms with Gasteiger partial charge in [-0.1, -0.05) is 0 Å². The highest BCUT2D eigenvalue weighted by Gasteiger charge is 2.33. The molecule has 2 fully saturated rings. The van der Waals surface area contributed by atoms with Gasteiger partial charge in [-0.05, 0) is 39.9 Å². The second-order valence-corrected chi connectivity index (χ2v) is 7.46. The molecule has 0 aliphatic carbocycles. The number of likely N-dealkylation sites (N-methyl/N-ethyl adjacent to an activating group) is 1. The number of fused-ring (bicyclic) bond motifs is 1. The Morgan fingerprint density at radius 1 is 1.16 bits per heavy atom. The van der Waals surface area contributed by atoms with E-state index in [1.165, 1.54) is 0 Å². The third kappa shape index (κ3) is 3.54. The van der Waals surface area contributed by atoms with Gasteiger partial charge in [-0.2, -0.15) is 5.10 Å². The summed E-state index contributed by atoms with van der Waals surface area (Å²) in [6, 6.07) is 0.673. The lowest BCUT2D eigenvalue weighted by molar-refractivity contribution is 0.0419. The molecule has 0 aromatic carbocycles. The van der Waals surface area contributed by atoms with Crippen molar-refractivity contribution in [2.45, 2.75) is 37.8 Å². The predicted octanol–water partition coefficient (Wildman–Crippen LogP) is 1.36. The first kappa shape index (κ1) is 16.9. The summed E-state index contributed by atoms with van der Waals surface area (Å²) < 4.78 is 7.55. The van der Waals surface area contributed by atoms with E-state index >= 15 is 0 Å². The van der Waals surface area contributed by atoms with Gasteiger partial charge in [0, 0.05) is 50.7 Å². The Morgan fingerprint density at radius 2 is 1.96 bits per heavy atom. The minimum absolute atomic E-state index is 0.461. The van der Waals surface area contributed by atoms with Gasteiger partial charge in [0.2, 0.25) is 0 Å². The molecular weight excluding hydrogens is 316 g/mol. The summed E-state index contributed by atoms with van der Waals surface area (Å²) >= 11 is 0. The largest absolute Gasteiger partial charge is 0.381 e. The molecule has 2 aromatic heterocycles. The first-order valence-electron chi connectivity index (χ1n) is 9.36. The fourth-order valence-corrected chi connectivity index (χ4v) is 4.04. The molecule has 1 atom stereocenters. The second kappa shape index (κ2) is 7.35. The summed E-state index contributed by atoms with van der Waals surface area (Å²) in [6.45, 7) is 5.84. The molecule has 25 heavy (non-hydrogen) atoms. The normalized spacial score (nSPS) is 23.1. The van der Waals surface area contributed by atoms with Gasteiger partial charge in [0.1, 0.15) is 5.52 Å². The van der Waals surface area contributed by atoms with E-state index in [1.54, 1.807) is 12.4 Å². The van der Waals surface area contributed by atoms with Gasteiger partial charge >= 0.3 is 0 Å². The summed E-state index contributed by atoms with van der Waals surface area (Å²) in [5.74, 6) is 0.461. The van der Waals surface area contributed by atoms with Crippen LogP contribution in [-0.4, -0.2) is 82.5 Å². The Labute approximate surface area is 149 Å².